The molecule has 1 aliphatic rings. The lowest BCUT2D eigenvalue weighted by molar-refractivity contribution is -0.133. The zero-order valence-corrected chi connectivity index (χ0v) is 10.3. The molecule has 2 N–H and O–H groups in total. The second-order valence-electron chi connectivity index (χ2n) is 4.70. The normalized spacial score (nSPS) is 18.3. The minimum Gasteiger partial charge on any atom is -0.506 e. The number of nitrogens with one attached hydrogen (secondary N) is 1. The molecule has 96 valence electrons. The molecule has 0 aromatic carbocycles. The second-order valence-corrected chi connectivity index (χ2v) is 4.70. The van der Waals surface area contributed by atoms with Crippen molar-refractivity contribution in [2.45, 2.75) is 19.4 Å². The molecule has 0 radical (unpaired) electrons. The van der Waals surface area contributed by atoms with Crippen LogP contribution in [0.2, 0.25) is 0 Å². The Labute approximate surface area is 105 Å². The van der Waals surface area contributed by atoms with Crippen molar-refractivity contribution in [3.8, 4) is 5.75 Å². The molecule has 6 heteroatoms. The maximum absolute atomic E-state index is 12.3. The molecule has 1 aliphatic heterocycles. The maximum atomic E-state index is 12.3. The first-order chi connectivity index (χ1) is 8.43. The van der Waals surface area contributed by atoms with Gasteiger partial charge in [-0.15, -0.1) is 0 Å². The van der Waals surface area contributed by atoms with Gasteiger partial charge in [-0.2, -0.15) is 0 Å². The summed E-state index contributed by atoms with van der Waals surface area (Å²) < 4.78 is 0. The van der Waals surface area contributed by atoms with E-state index in [1.807, 2.05) is 0 Å². The zero-order chi connectivity index (χ0) is 13.3. The first-order valence-electron chi connectivity index (χ1n) is 5.67. The summed E-state index contributed by atoms with van der Waals surface area (Å²) in [4.78, 5) is 29.3. The Morgan fingerprint density at radius 2 is 2.22 bits per heavy atom. The van der Waals surface area contributed by atoms with Gasteiger partial charge in [-0.05, 0) is 19.9 Å². The van der Waals surface area contributed by atoms with Crippen LogP contribution in [0.5, 0.6) is 5.75 Å². The fourth-order valence-corrected chi connectivity index (χ4v) is 1.96. The third kappa shape index (κ3) is 2.01. The predicted octanol–water partition coefficient (Wildman–Crippen LogP) is 0.138. The predicted molar refractivity (Wildman–Crippen MR) is 64.0 cm³/mol. The van der Waals surface area contributed by atoms with Crippen LogP contribution in [0.3, 0.4) is 0 Å². The van der Waals surface area contributed by atoms with E-state index in [1.54, 1.807) is 13.8 Å². The van der Waals surface area contributed by atoms with E-state index >= 15 is 0 Å². The number of carbonyl (C=O) groups is 2. The van der Waals surface area contributed by atoms with Gasteiger partial charge in [0.25, 0.3) is 5.91 Å². The second kappa shape index (κ2) is 4.29. The first kappa shape index (κ1) is 12.3. The van der Waals surface area contributed by atoms with Crippen LogP contribution in [-0.2, 0) is 4.79 Å². The zero-order valence-electron chi connectivity index (χ0n) is 10.3. The molecule has 0 atom stereocenters. The molecule has 18 heavy (non-hydrogen) atoms. The molecule has 0 bridgehead atoms. The Morgan fingerprint density at radius 1 is 1.50 bits per heavy atom. The standard InChI is InChI=1S/C12H15N3O3/c1-12(2)11(18)14-3-4-15(12)10(17)8-5-9(16)7-13-6-8/h5-7,16H,3-4H2,1-2H3,(H,14,18). The van der Waals surface area contributed by atoms with E-state index in [2.05, 4.69) is 10.3 Å². The number of amides is 2. The number of hydrogen-bond acceptors (Lipinski definition) is 4. The van der Waals surface area contributed by atoms with Crippen LogP contribution in [0.1, 0.15) is 24.2 Å². The van der Waals surface area contributed by atoms with Gasteiger partial charge in [0, 0.05) is 19.3 Å². The summed E-state index contributed by atoms with van der Waals surface area (Å²) in [7, 11) is 0. The Balaban J connectivity index is 2.31. The molecule has 0 unspecified atom stereocenters. The van der Waals surface area contributed by atoms with Crippen molar-refractivity contribution in [1.82, 2.24) is 15.2 Å². The number of aromatic nitrogens is 1. The monoisotopic (exact) mass is 249 g/mol. The molecule has 2 amide bonds. The molecule has 6 nitrogen and oxygen atoms in total. The van der Waals surface area contributed by atoms with Gasteiger partial charge in [0.1, 0.15) is 11.3 Å². The van der Waals surface area contributed by atoms with Crippen molar-refractivity contribution < 1.29 is 14.7 Å². The van der Waals surface area contributed by atoms with Crippen LogP contribution in [0.25, 0.3) is 0 Å². The number of nitrogens with zero attached hydrogens (tertiary/aromatic N) is 2. The van der Waals surface area contributed by atoms with Crippen molar-refractivity contribution in [3.63, 3.8) is 0 Å². The summed E-state index contributed by atoms with van der Waals surface area (Å²) >= 11 is 0. The van der Waals surface area contributed by atoms with Gasteiger partial charge in [0.2, 0.25) is 5.91 Å². The van der Waals surface area contributed by atoms with Crippen LogP contribution >= 0.6 is 0 Å². The van der Waals surface area contributed by atoms with E-state index in [1.165, 1.54) is 23.4 Å². The van der Waals surface area contributed by atoms with E-state index in [0.717, 1.165) is 0 Å². The fraction of sp³-hybridized carbons (Fsp3) is 0.417. The number of aromatic hydroxyl groups is 1. The average Bonchev–Trinajstić information content (AvgIpc) is 2.32. The van der Waals surface area contributed by atoms with E-state index < -0.39 is 5.54 Å². The van der Waals surface area contributed by atoms with Crippen LogP contribution in [0.4, 0.5) is 0 Å². The molecule has 1 aromatic heterocycles. The number of pyridine rings is 1. The molecular weight excluding hydrogens is 234 g/mol. The van der Waals surface area contributed by atoms with E-state index in [-0.39, 0.29) is 23.1 Å². The van der Waals surface area contributed by atoms with E-state index in [9.17, 15) is 14.7 Å². The highest BCUT2D eigenvalue weighted by molar-refractivity contribution is 5.99. The lowest BCUT2D eigenvalue weighted by Crippen LogP contribution is -2.63. The van der Waals surface area contributed by atoms with Gasteiger partial charge in [0.05, 0.1) is 11.8 Å². The Hall–Kier alpha value is -2.11. The van der Waals surface area contributed by atoms with E-state index in [0.29, 0.717) is 13.1 Å². The molecule has 1 fully saturated rings. The molecular formula is C12H15N3O3. The van der Waals surface area contributed by atoms with Crippen molar-refractivity contribution in [1.29, 1.82) is 0 Å². The minimum absolute atomic E-state index is 0.0693. The molecule has 1 saturated heterocycles. The molecule has 1 aromatic rings. The molecule has 2 heterocycles. The number of hydrogen-bond donors (Lipinski definition) is 2. The van der Waals surface area contributed by atoms with Gasteiger partial charge >= 0.3 is 0 Å². The summed E-state index contributed by atoms with van der Waals surface area (Å²) in [5.41, 5.74) is -0.626. The van der Waals surface area contributed by atoms with Crippen molar-refractivity contribution in [2.75, 3.05) is 13.1 Å². The summed E-state index contributed by atoms with van der Waals surface area (Å²) in [6, 6.07) is 1.35. The number of piperazine rings is 1. The van der Waals surface area contributed by atoms with Gasteiger partial charge in [0.15, 0.2) is 0 Å². The van der Waals surface area contributed by atoms with Crippen molar-refractivity contribution in [3.05, 3.63) is 24.0 Å². The van der Waals surface area contributed by atoms with Gasteiger partial charge in [-0.25, -0.2) is 0 Å². The summed E-state index contributed by atoms with van der Waals surface area (Å²) in [6.07, 6.45) is 2.63. The van der Waals surface area contributed by atoms with Crippen LogP contribution in [0.15, 0.2) is 18.5 Å². The summed E-state index contributed by atoms with van der Waals surface area (Å²) in [5.74, 6) is -0.562. The lowest BCUT2D eigenvalue weighted by Gasteiger charge is -2.41. The number of carbonyl (C=O) groups excluding carboxylic acids is 2. The highest BCUT2D eigenvalue weighted by Gasteiger charge is 2.40. The van der Waals surface area contributed by atoms with Gasteiger partial charge in [-0.1, -0.05) is 0 Å². The molecule has 2 rings (SSSR count). The SMILES string of the molecule is CC1(C)C(=O)NCCN1C(=O)c1cncc(O)c1. The van der Waals surface area contributed by atoms with Crippen LogP contribution < -0.4 is 5.32 Å². The maximum Gasteiger partial charge on any atom is 0.256 e. The number of rotatable bonds is 1. The van der Waals surface area contributed by atoms with Crippen LogP contribution in [-0.4, -0.2) is 45.4 Å². The minimum atomic E-state index is -0.902. The Kier molecular flexibility index (Phi) is 2.94. The fourth-order valence-electron chi connectivity index (χ4n) is 1.96. The summed E-state index contributed by atoms with van der Waals surface area (Å²) in [5, 5.41) is 12.1. The van der Waals surface area contributed by atoms with Gasteiger partial charge in [-0.3, -0.25) is 14.6 Å². The van der Waals surface area contributed by atoms with Crippen molar-refractivity contribution in [2.24, 2.45) is 0 Å². The van der Waals surface area contributed by atoms with Gasteiger partial charge < -0.3 is 15.3 Å². The largest absolute Gasteiger partial charge is 0.506 e. The molecule has 0 spiro atoms. The first-order valence-corrected chi connectivity index (χ1v) is 5.67. The smallest absolute Gasteiger partial charge is 0.256 e. The third-order valence-corrected chi connectivity index (χ3v) is 3.07. The quantitative estimate of drug-likeness (QED) is 0.741. The topological polar surface area (TPSA) is 82.5 Å². The van der Waals surface area contributed by atoms with Crippen LogP contribution in [0, 0.1) is 0 Å². The Morgan fingerprint density at radius 3 is 2.89 bits per heavy atom. The molecule has 0 aliphatic carbocycles. The average molecular weight is 249 g/mol. The third-order valence-electron chi connectivity index (χ3n) is 3.07. The molecule has 0 saturated carbocycles. The highest BCUT2D eigenvalue weighted by atomic mass is 16.3. The highest BCUT2D eigenvalue weighted by Crippen LogP contribution is 2.21. The summed E-state index contributed by atoms with van der Waals surface area (Å²) in [6.45, 7) is 4.25. The lowest BCUT2D eigenvalue weighted by atomic mass is 9.98. The van der Waals surface area contributed by atoms with E-state index in [4.69, 9.17) is 0 Å². The Bertz CT molecular complexity index is 499. The van der Waals surface area contributed by atoms with Crippen molar-refractivity contribution >= 4 is 11.8 Å².